The fourth-order valence-corrected chi connectivity index (χ4v) is 4.46. The molecule has 1 amide bonds. The molecule has 1 atom stereocenters. The number of furan rings is 1. The van der Waals surface area contributed by atoms with Crippen LogP contribution in [0.2, 0.25) is 0 Å². The average molecular weight is 586 g/mol. The third-order valence-electron chi connectivity index (χ3n) is 6.58. The van der Waals surface area contributed by atoms with Crippen LogP contribution in [0.3, 0.4) is 0 Å². The van der Waals surface area contributed by atoms with Crippen molar-refractivity contribution < 1.29 is 33.0 Å². The molecule has 0 radical (unpaired) electrons. The van der Waals surface area contributed by atoms with Crippen LogP contribution in [0.25, 0.3) is 5.69 Å². The molecule has 0 unspecified atom stereocenters. The van der Waals surface area contributed by atoms with Crippen LogP contribution in [0.5, 0.6) is 17.2 Å². The van der Waals surface area contributed by atoms with E-state index in [2.05, 4.69) is 47.7 Å². The van der Waals surface area contributed by atoms with Crippen molar-refractivity contribution in [1.82, 2.24) is 9.99 Å². The van der Waals surface area contributed by atoms with E-state index >= 15 is 0 Å². The number of aryl methyl sites for hydroxylation is 2. The average Bonchev–Trinajstić information content (AvgIpc) is 3.62. The second-order valence-electron chi connectivity index (χ2n) is 9.69. The molecule has 0 fully saturated rings. The van der Waals surface area contributed by atoms with Crippen LogP contribution in [0.15, 0.2) is 82.8 Å². The minimum atomic E-state index is -0.839. The molecule has 0 spiro atoms. The van der Waals surface area contributed by atoms with Gasteiger partial charge in [0.15, 0.2) is 23.4 Å². The maximum absolute atomic E-state index is 12.6. The molecule has 10 heteroatoms. The lowest BCUT2D eigenvalue weighted by Gasteiger charge is -2.18. The predicted molar refractivity (Wildman–Crippen MR) is 162 cm³/mol. The SMILES string of the molecule is C=CCc1cc(/C=N/NC(=O)c2ccc(COc3ccc(-n4c(C)ccc4C)cc3)o2)cc(OC)c1O[C@H](C)C(=O)OC. The molecule has 0 aliphatic rings. The van der Waals surface area contributed by atoms with Gasteiger partial charge in [-0.1, -0.05) is 6.08 Å². The van der Waals surface area contributed by atoms with Gasteiger partial charge < -0.3 is 27.9 Å². The third-order valence-corrected chi connectivity index (χ3v) is 6.58. The van der Waals surface area contributed by atoms with Gasteiger partial charge in [-0.05, 0) is 93.4 Å². The first-order valence-electron chi connectivity index (χ1n) is 13.6. The lowest BCUT2D eigenvalue weighted by Crippen LogP contribution is -2.25. The van der Waals surface area contributed by atoms with Gasteiger partial charge in [-0.2, -0.15) is 5.10 Å². The molecule has 4 rings (SSSR count). The first kappa shape index (κ1) is 30.7. The molecule has 1 N–H and O–H groups in total. The van der Waals surface area contributed by atoms with E-state index in [1.165, 1.54) is 20.4 Å². The van der Waals surface area contributed by atoms with Gasteiger partial charge in [0.25, 0.3) is 0 Å². The van der Waals surface area contributed by atoms with Crippen molar-refractivity contribution in [2.24, 2.45) is 5.10 Å². The monoisotopic (exact) mass is 585 g/mol. The predicted octanol–water partition coefficient (Wildman–Crippen LogP) is 5.71. The van der Waals surface area contributed by atoms with Crippen LogP contribution in [0, 0.1) is 13.8 Å². The van der Waals surface area contributed by atoms with Crippen molar-refractivity contribution in [2.75, 3.05) is 14.2 Å². The second-order valence-corrected chi connectivity index (χ2v) is 9.69. The summed E-state index contributed by atoms with van der Waals surface area (Å²) in [5.74, 6) is 1.02. The summed E-state index contributed by atoms with van der Waals surface area (Å²) < 4.78 is 29.7. The highest BCUT2D eigenvalue weighted by atomic mass is 16.6. The Bertz CT molecular complexity index is 1600. The Morgan fingerprint density at radius 2 is 1.77 bits per heavy atom. The molecule has 0 aliphatic carbocycles. The van der Waals surface area contributed by atoms with Crippen LogP contribution in [0.1, 0.15) is 45.8 Å². The molecular weight excluding hydrogens is 550 g/mol. The number of nitrogens with one attached hydrogen (secondary N) is 1. The minimum Gasteiger partial charge on any atom is -0.493 e. The number of esters is 1. The highest BCUT2D eigenvalue weighted by Gasteiger charge is 2.20. The number of benzene rings is 2. The van der Waals surface area contributed by atoms with Gasteiger partial charge >= 0.3 is 11.9 Å². The molecule has 0 aliphatic heterocycles. The summed E-state index contributed by atoms with van der Waals surface area (Å²) in [6, 6.07) is 18.7. The number of aromatic nitrogens is 1. The van der Waals surface area contributed by atoms with Crippen LogP contribution in [-0.2, 0) is 22.6 Å². The first-order valence-corrected chi connectivity index (χ1v) is 13.6. The van der Waals surface area contributed by atoms with Gasteiger partial charge in [0.2, 0.25) is 0 Å². The van der Waals surface area contributed by atoms with Gasteiger partial charge in [-0.3, -0.25) is 4.79 Å². The highest BCUT2D eigenvalue weighted by molar-refractivity contribution is 5.92. The van der Waals surface area contributed by atoms with E-state index in [4.69, 9.17) is 23.4 Å². The van der Waals surface area contributed by atoms with Crippen LogP contribution < -0.4 is 19.6 Å². The van der Waals surface area contributed by atoms with E-state index in [1.54, 1.807) is 37.3 Å². The van der Waals surface area contributed by atoms with Gasteiger partial charge in [0.1, 0.15) is 18.1 Å². The molecule has 4 aromatic rings. The van der Waals surface area contributed by atoms with Crippen LogP contribution in [-0.4, -0.2) is 43.0 Å². The zero-order chi connectivity index (χ0) is 30.9. The number of hydrogen-bond acceptors (Lipinski definition) is 8. The van der Waals surface area contributed by atoms with Crippen molar-refractivity contribution in [3.8, 4) is 22.9 Å². The summed E-state index contributed by atoms with van der Waals surface area (Å²) >= 11 is 0. The summed E-state index contributed by atoms with van der Waals surface area (Å²) in [4.78, 5) is 24.5. The summed E-state index contributed by atoms with van der Waals surface area (Å²) in [5.41, 5.74) is 7.18. The minimum absolute atomic E-state index is 0.0927. The summed E-state index contributed by atoms with van der Waals surface area (Å²) in [5, 5.41) is 4.06. The van der Waals surface area contributed by atoms with Crippen LogP contribution >= 0.6 is 0 Å². The summed E-state index contributed by atoms with van der Waals surface area (Å²) in [6.07, 6.45) is 2.77. The number of hydrazone groups is 1. The van der Waals surface area contributed by atoms with E-state index in [0.29, 0.717) is 35.0 Å². The highest BCUT2D eigenvalue weighted by Crippen LogP contribution is 2.34. The molecule has 2 aromatic heterocycles. The molecule has 2 heterocycles. The smallest absolute Gasteiger partial charge is 0.346 e. The summed E-state index contributed by atoms with van der Waals surface area (Å²) in [6.45, 7) is 9.66. The van der Waals surface area contributed by atoms with Crippen molar-refractivity contribution in [2.45, 2.75) is 39.9 Å². The maximum Gasteiger partial charge on any atom is 0.346 e. The number of methoxy groups -OCH3 is 2. The zero-order valence-corrected chi connectivity index (χ0v) is 24.9. The van der Waals surface area contributed by atoms with E-state index in [1.807, 2.05) is 24.3 Å². The Labute approximate surface area is 250 Å². The largest absolute Gasteiger partial charge is 0.493 e. The molecule has 0 bridgehead atoms. The third kappa shape index (κ3) is 7.53. The van der Waals surface area contributed by atoms with Crippen molar-refractivity contribution in [3.63, 3.8) is 0 Å². The van der Waals surface area contributed by atoms with Gasteiger partial charge in [-0.25, -0.2) is 10.2 Å². The number of hydrogen-bond donors (Lipinski definition) is 1. The zero-order valence-electron chi connectivity index (χ0n) is 24.9. The number of carbonyl (C=O) groups excluding carboxylic acids is 2. The standard InChI is InChI=1S/C33H35N3O7/c1-7-8-25-17-24(18-30(39-5)31(25)42-23(4)33(38)40-6)19-34-35-32(37)29-16-15-28(43-29)20-41-27-13-11-26(12-14-27)36-21(2)9-10-22(36)3/h7,9-19,23H,1,8,20H2,2-6H3,(H,35,37)/b34-19+/t23-/m1/s1. The molecule has 0 saturated heterocycles. The summed E-state index contributed by atoms with van der Waals surface area (Å²) in [7, 11) is 2.78. The normalized spacial score (nSPS) is 11.7. The number of ether oxygens (including phenoxy) is 4. The first-order chi connectivity index (χ1) is 20.7. The Morgan fingerprint density at radius 3 is 2.42 bits per heavy atom. The molecule has 224 valence electrons. The van der Waals surface area contributed by atoms with Crippen LogP contribution in [0.4, 0.5) is 0 Å². The number of nitrogens with zero attached hydrogens (tertiary/aromatic N) is 2. The lowest BCUT2D eigenvalue weighted by atomic mass is 10.1. The van der Waals surface area contributed by atoms with Crippen molar-refractivity contribution in [1.29, 1.82) is 0 Å². The quantitative estimate of drug-likeness (QED) is 0.0926. The molecule has 10 nitrogen and oxygen atoms in total. The number of allylic oxidation sites excluding steroid dienone is 1. The molecular formula is C33H35N3O7. The molecule has 43 heavy (non-hydrogen) atoms. The number of rotatable bonds is 13. The molecule has 0 saturated carbocycles. The fourth-order valence-electron chi connectivity index (χ4n) is 4.46. The van der Waals surface area contributed by atoms with E-state index in [-0.39, 0.29) is 12.4 Å². The van der Waals surface area contributed by atoms with Gasteiger partial charge in [-0.15, -0.1) is 6.58 Å². The lowest BCUT2D eigenvalue weighted by molar-refractivity contribution is -0.147. The Kier molecular flexibility index (Phi) is 10.1. The van der Waals surface area contributed by atoms with Gasteiger partial charge in [0.05, 0.1) is 20.4 Å². The van der Waals surface area contributed by atoms with E-state index in [9.17, 15) is 9.59 Å². The Balaban J connectivity index is 1.36. The fraction of sp³-hybridized carbons (Fsp3) is 0.242. The number of carbonyl (C=O) groups is 2. The maximum atomic E-state index is 12.6. The molecule has 2 aromatic carbocycles. The van der Waals surface area contributed by atoms with E-state index in [0.717, 1.165) is 22.6 Å². The van der Waals surface area contributed by atoms with Gasteiger partial charge in [0, 0.05) is 22.6 Å². The van der Waals surface area contributed by atoms with Crippen molar-refractivity contribution >= 4 is 18.1 Å². The Hall–Kier alpha value is -5.25. The Morgan fingerprint density at radius 1 is 1.05 bits per heavy atom. The number of amides is 1. The van der Waals surface area contributed by atoms with Crippen molar-refractivity contribution in [3.05, 3.63) is 107 Å². The second kappa shape index (κ2) is 14.1. The van der Waals surface area contributed by atoms with E-state index < -0.39 is 18.0 Å². The topological polar surface area (TPSA) is 114 Å².